The van der Waals surface area contributed by atoms with Crippen LogP contribution in [0.25, 0.3) is 0 Å². The third kappa shape index (κ3) is 17.9. The van der Waals surface area contributed by atoms with Gasteiger partial charge in [-0.1, -0.05) is 109 Å². The lowest BCUT2D eigenvalue weighted by atomic mass is 10.0. The summed E-state index contributed by atoms with van der Waals surface area (Å²) < 4.78 is 13.4. The van der Waals surface area contributed by atoms with Gasteiger partial charge in [-0.15, -0.1) is 0 Å². The van der Waals surface area contributed by atoms with Crippen molar-refractivity contribution < 1.29 is 43.2 Å². The SMILES string of the molecule is CCCCCCCCCCCCCCCCCCNC(=O)OCC(Cn1ccc(=O)n(CCc2cccc[nH+]2)c1=O)OC.[I-]. The fourth-order valence-corrected chi connectivity index (χ4v) is 5.22. The number of carbonyl (C=O) groups is 1. The third-order valence-corrected chi connectivity index (χ3v) is 7.95. The van der Waals surface area contributed by atoms with Crippen molar-refractivity contribution in [2.45, 2.75) is 135 Å². The van der Waals surface area contributed by atoms with E-state index < -0.39 is 17.9 Å². The molecular weight excluding hydrogens is 671 g/mol. The maximum Gasteiger partial charge on any atom is 0.407 e. The minimum atomic E-state index is -0.521. The number of carbonyl (C=O) groups excluding carboxylic acids is 1. The van der Waals surface area contributed by atoms with Crippen molar-refractivity contribution in [2.75, 3.05) is 20.3 Å². The minimum Gasteiger partial charge on any atom is -1.00 e. The summed E-state index contributed by atoms with van der Waals surface area (Å²) in [5.41, 5.74) is 0.160. The minimum absolute atomic E-state index is 0. The van der Waals surface area contributed by atoms with Gasteiger partial charge in [-0.05, 0) is 6.42 Å². The van der Waals surface area contributed by atoms with Crippen LogP contribution < -0.4 is 45.5 Å². The quantitative estimate of drug-likeness (QED) is 0.125. The molecule has 0 aliphatic heterocycles. The molecule has 0 fully saturated rings. The Bertz CT molecular complexity index is 1110. The molecule has 10 heteroatoms. The molecule has 0 bridgehead atoms. The molecule has 0 aliphatic carbocycles. The van der Waals surface area contributed by atoms with Crippen LogP contribution >= 0.6 is 0 Å². The molecule has 0 radical (unpaired) electrons. The lowest BCUT2D eigenvalue weighted by molar-refractivity contribution is -0.390. The number of methoxy groups -OCH3 is 1. The van der Waals surface area contributed by atoms with Crippen LogP contribution in [0.15, 0.2) is 46.2 Å². The van der Waals surface area contributed by atoms with Crippen LogP contribution in [-0.2, 0) is 29.0 Å². The monoisotopic (exact) mass is 728 g/mol. The molecule has 0 aromatic carbocycles. The smallest absolute Gasteiger partial charge is 0.407 e. The van der Waals surface area contributed by atoms with Gasteiger partial charge in [-0.2, -0.15) is 0 Å². The lowest BCUT2D eigenvalue weighted by Crippen LogP contribution is -3.00. The fraction of sp³-hybridized carbons (Fsp3) is 0.706. The maximum atomic E-state index is 12.9. The van der Waals surface area contributed by atoms with Gasteiger partial charge in [0.15, 0.2) is 11.9 Å². The Morgan fingerprint density at radius 3 is 2.00 bits per heavy atom. The zero-order valence-corrected chi connectivity index (χ0v) is 29.4. The van der Waals surface area contributed by atoms with Gasteiger partial charge in [0, 0.05) is 44.6 Å². The molecule has 0 aliphatic rings. The number of pyridine rings is 1. The Morgan fingerprint density at radius 2 is 1.45 bits per heavy atom. The molecule has 1 amide bonds. The molecule has 0 saturated carbocycles. The summed E-state index contributed by atoms with van der Waals surface area (Å²) in [4.78, 5) is 40.5. The maximum absolute atomic E-state index is 12.9. The van der Waals surface area contributed by atoms with Crippen molar-refractivity contribution in [3.05, 3.63) is 63.2 Å². The van der Waals surface area contributed by atoms with Gasteiger partial charge in [0.2, 0.25) is 0 Å². The molecule has 2 aromatic rings. The number of ether oxygens (including phenoxy) is 2. The highest BCUT2D eigenvalue weighted by atomic mass is 127. The first-order chi connectivity index (χ1) is 21.0. The molecule has 0 spiro atoms. The second kappa shape index (κ2) is 26.1. The van der Waals surface area contributed by atoms with Gasteiger partial charge >= 0.3 is 11.8 Å². The number of rotatable bonds is 25. The number of alkyl carbamates (subject to hydrolysis) is 1. The first kappa shape index (κ1) is 39.8. The number of H-pyrrole nitrogens is 1. The number of aromatic amines is 1. The van der Waals surface area contributed by atoms with Crippen LogP contribution in [0.5, 0.6) is 0 Å². The normalized spacial score (nSPS) is 11.6. The Balaban J connectivity index is 0.00000968. The number of aromatic nitrogens is 3. The van der Waals surface area contributed by atoms with E-state index >= 15 is 0 Å². The number of aryl methyl sites for hydroxylation is 1. The molecule has 44 heavy (non-hydrogen) atoms. The van der Waals surface area contributed by atoms with E-state index in [0.717, 1.165) is 18.5 Å². The highest BCUT2D eigenvalue weighted by Gasteiger charge is 2.15. The van der Waals surface area contributed by atoms with E-state index in [1.165, 1.54) is 118 Å². The molecule has 250 valence electrons. The van der Waals surface area contributed by atoms with E-state index in [2.05, 4.69) is 17.2 Å². The highest BCUT2D eigenvalue weighted by molar-refractivity contribution is 5.67. The van der Waals surface area contributed by atoms with E-state index in [9.17, 15) is 14.4 Å². The van der Waals surface area contributed by atoms with Crippen LogP contribution in [0.3, 0.4) is 0 Å². The molecule has 2 heterocycles. The van der Waals surface area contributed by atoms with Crippen molar-refractivity contribution in [3.63, 3.8) is 0 Å². The average Bonchev–Trinajstić information content (AvgIpc) is 3.02. The zero-order chi connectivity index (χ0) is 31.0. The lowest BCUT2D eigenvalue weighted by Gasteiger charge is -2.17. The molecule has 2 rings (SSSR count). The summed E-state index contributed by atoms with van der Waals surface area (Å²) in [6.07, 6.45) is 23.8. The number of halogens is 1. The average molecular weight is 729 g/mol. The number of nitrogens with zero attached hydrogens (tertiary/aromatic N) is 2. The van der Waals surface area contributed by atoms with Crippen molar-refractivity contribution in [2.24, 2.45) is 0 Å². The van der Waals surface area contributed by atoms with Gasteiger partial charge in [0.1, 0.15) is 12.7 Å². The molecule has 1 unspecified atom stereocenters. The van der Waals surface area contributed by atoms with Crippen molar-refractivity contribution >= 4 is 6.09 Å². The second-order valence-corrected chi connectivity index (χ2v) is 11.6. The Hall–Kier alpha value is -2.21. The van der Waals surface area contributed by atoms with Crippen molar-refractivity contribution in [3.8, 4) is 0 Å². The molecule has 0 saturated heterocycles. The molecule has 2 N–H and O–H groups in total. The zero-order valence-electron chi connectivity index (χ0n) is 27.2. The summed E-state index contributed by atoms with van der Waals surface area (Å²) in [7, 11) is 1.51. The van der Waals surface area contributed by atoms with E-state index in [1.807, 2.05) is 24.4 Å². The van der Waals surface area contributed by atoms with Crippen LogP contribution in [0.1, 0.15) is 115 Å². The topological polar surface area (TPSA) is 106 Å². The van der Waals surface area contributed by atoms with E-state index in [0.29, 0.717) is 13.0 Å². The highest BCUT2D eigenvalue weighted by Crippen LogP contribution is 2.13. The Kier molecular flexibility index (Phi) is 23.6. The fourth-order valence-electron chi connectivity index (χ4n) is 5.22. The van der Waals surface area contributed by atoms with E-state index in [-0.39, 0.29) is 49.2 Å². The predicted octanol–water partition coefficient (Wildman–Crippen LogP) is 3.07. The van der Waals surface area contributed by atoms with Gasteiger partial charge in [0.25, 0.3) is 5.56 Å². The first-order valence-corrected chi connectivity index (χ1v) is 16.7. The third-order valence-electron chi connectivity index (χ3n) is 7.95. The first-order valence-electron chi connectivity index (χ1n) is 16.7. The van der Waals surface area contributed by atoms with E-state index in [4.69, 9.17) is 9.47 Å². The Morgan fingerprint density at radius 1 is 0.864 bits per heavy atom. The number of hydrogen-bond donors (Lipinski definition) is 1. The van der Waals surface area contributed by atoms with Crippen LogP contribution in [0.2, 0.25) is 0 Å². The summed E-state index contributed by atoms with van der Waals surface area (Å²) >= 11 is 0. The number of amides is 1. The number of nitrogens with one attached hydrogen (secondary N) is 2. The van der Waals surface area contributed by atoms with Crippen LogP contribution in [-0.4, -0.2) is 41.6 Å². The number of hydrogen-bond acceptors (Lipinski definition) is 5. The van der Waals surface area contributed by atoms with Crippen molar-refractivity contribution in [1.29, 1.82) is 0 Å². The molecule has 9 nitrogen and oxygen atoms in total. The summed E-state index contributed by atoms with van der Waals surface area (Å²) in [6.45, 7) is 3.28. The van der Waals surface area contributed by atoms with Gasteiger partial charge < -0.3 is 38.8 Å². The standard InChI is InChI=1S/C34H56N4O5.HI/c1-3-4-5-6-7-8-9-10-11-12-13-14-15-16-17-19-25-36-33(40)43-29-31(42-2)28-37-26-23-32(39)38(34(37)41)27-22-30-21-18-20-24-35-30;/h18,20-21,23-24,26,31H,3-17,19,22,25,27-29H2,1-2H3,(H,36,40);1H. The molecular formula is C34H57IN4O5. The summed E-state index contributed by atoms with van der Waals surface area (Å²) in [6, 6.07) is 7.06. The van der Waals surface area contributed by atoms with Crippen LogP contribution in [0.4, 0.5) is 4.79 Å². The Labute approximate surface area is 281 Å². The van der Waals surface area contributed by atoms with Gasteiger partial charge in [-0.25, -0.2) is 14.6 Å². The largest absolute Gasteiger partial charge is 1.00 e. The molecule has 2 aromatic heterocycles. The summed E-state index contributed by atoms with van der Waals surface area (Å²) in [5.74, 6) is 0. The van der Waals surface area contributed by atoms with Crippen molar-refractivity contribution in [1.82, 2.24) is 14.5 Å². The van der Waals surface area contributed by atoms with Crippen LogP contribution in [0, 0.1) is 0 Å². The second-order valence-electron chi connectivity index (χ2n) is 11.6. The predicted molar refractivity (Wildman–Crippen MR) is 171 cm³/mol. The molecule has 1 atom stereocenters. The number of unbranched alkanes of at least 4 members (excludes halogenated alkanes) is 15. The van der Waals surface area contributed by atoms with E-state index in [1.54, 1.807) is 0 Å². The van der Waals surface area contributed by atoms with Gasteiger partial charge in [-0.3, -0.25) is 13.9 Å². The summed E-state index contributed by atoms with van der Waals surface area (Å²) in [5, 5.41) is 2.80. The van der Waals surface area contributed by atoms with Gasteiger partial charge in [0.05, 0.1) is 13.0 Å².